The monoisotopic (exact) mass is 405 g/mol. The lowest BCUT2D eigenvalue weighted by Crippen LogP contribution is -2.10. The molecule has 0 saturated carbocycles. The molecule has 0 aliphatic rings. The number of aromatic amines is 1. The molecule has 1 unspecified atom stereocenters. The Bertz CT molecular complexity index is 1050. The zero-order chi connectivity index (χ0) is 20.1. The number of H-pyrrole nitrogens is 1. The Hall–Kier alpha value is -3.45. The molecule has 1 aromatic carbocycles. The Morgan fingerprint density at radius 3 is 2.43 bits per heavy atom. The Morgan fingerprint density at radius 1 is 0.967 bits per heavy atom. The van der Waals surface area contributed by atoms with Crippen LogP contribution in [0.1, 0.15) is 36.0 Å². The van der Waals surface area contributed by atoms with Gasteiger partial charge in [-0.25, -0.2) is 4.39 Å². The topological polar surface area (TPSA) is 87.6 Å². The Kier molecular flexibility index (Phi) is 6.98. The number of benzene rings is 1. The molecule has 6 nitrogen and oxygen atoms in total. The molecule has 3 aromatic heterocycles. The van der Waals surface area contributed by atoms with Crippen molar-refractivity contribution in [3.05, 3.63) is 95.8 Å². The van der Waals surface area contributed by atoms with Crippen LogP contribution in [0.25, 0.3) is 11.1 Å². The van der Waals surface area contributed by atoms with Crippen LogP contribution < -0.4 is 0 Å². The van der Waals surface area contributed by atoms with E-state index in [1.807, 2.05) is 18.3 Å². The third-order valence-electron chi connectivity index (χ3n) is 4.76. The molecule has 0 spiro atoms. The minimum absolute atomic E-state index is 0. The fraction of sp³-hybridized carbons (Fsp3) is 0.217. The van der Waals surface area contributed by atoms with Crippen molar-refractivity contribution in [2.24, 2.45) is 0 Å². The average molecular weight is 405 g/mol. The second-order valence-electron chi connectivity index (χ2n) is 6.83. The Labute approximate surface area is 174 Å². The van der Waals surface area contributed by atoms with E-state index in [9.17, 15) is 9.50 Å². The summed E-state index contributed by atoms with van der Waals surface area (Å²) in [6, 6.07) is 10.2. The fourth-order valence-electron chi connectivity index (χ4n) is 3.30. The molecule has 4 aromatic rings. The first-order valence-corrected chi connectivity index (χ1v) is 9.31. The molecule has 154 valence electrons. The summed E-state index contributed by atoms with van der Waals surface area (Å²) in [5, 5.41) is 16.8. The summed E-state index contributed by atoms with van der Waals surface area (Å²) in [7, 11) is 0. The predicted octanol–water partition coefficient (Wildman–Crippen LogP) is 3.95. The van der Waals surface area contributed by atoms with Crippen molar-refractivity contribution in [3.8, 4) is 11.1 Å². The van der Waals surface area contributed by atoms with Gasteiger partial charge in [-0.3, -0.25) is 20.1 Å². The number of pyridine rings is 1. The SMILES string of the molecule is C.OCC(Cc1cc(-c2cn[nH]c2)cc(Cc2cnccn2)n1)c1ccc(F)cc1. The van der Waals surface area contributed by atoms with E-state index < -0.39 is 0 Å². The first kappa shape index (κ1) is 21.3. The van der Waals surface area contributed by atoms with Gasteiger partial charge in [0.2, 0.25) is 0 Å². The molecule has 2 N–H and O–H groups in total. The molecule has 0 fully saturated rings. The first-order chi connectivity index (χ1) is 14.2. The molecule has 7 heteroatoms. The van der Waals surface area contributed by atoms with Crippen LogP contribution in [-0.2, 0) is 12.8 Å². The number of aliphatic hydroxyl groups is 1. The molecule has 1 atom stereocenters. The molecule has 0 amide bonds. The van der Waals surface area contributed by atoms with Crippen LogP contribution in [0.15, 0.2) is 67.4 Å². The summed E-state index contributed by atoms with van der Waals surface area (Å²) in [5.41, 5.74) is 5.34. The maximum atomic E-state index is 13.3. The highest BCUT2D eigenvalue weighted by atomic mass is 19.1. The maximum Gasteiger partial charge on any atom is 0.123 e. The fourth-order valence-corrected chi connectivity index (χ4v) is 3.30. The molecule has 30 heavy (non-hydrogen) atoms. The van der Waals surface area contributed by atoms with Crippen molar-refractivity contribution in [1.82, 2.24) is 25.1 Å². The average Bonchev–Trinajstić information content (AvgIpc) is 3.28. The normalized spacial score (nSPS) is 11.7. The molecule has 0 aliphatic carbocycles. The molecule has 4 rings (SSSR count). The van der Waals surface area contributed by atoms with Crippen LogP contribution in [0.3, 0.4) is 0 Å². The smallest absolute Gasteiger partial charge is 0.123 e. The minimum atomic E-state index is -0.295. The van der Waals surface area contributed by atoms with Crippen LogP contribution in [0, 0.1) is 5.82 Å². The van der Waals surface area contributed by atoms with Crippen LogP contribution in [0.5, 0.6) is 0 Å². The van der Waals surface area contributed by atoms with E-state index in [0.29, 0.717) is 12.8 Å². The Balaban J connectivity index is 0.00000256. The van der Waals surface area contributed by atoms with E-state index in [0.717, 1.165) is 33.8 Å². The van der Waals surface area contributed by atoms with Crippen molar-refractivity contribution in [2.75, 3.05) is 6.61 Å². The molecule has 0 aliphatic heterocycles. The summed E-state index contributed by atoms with van der Waals surface area (Å²) in [6.45, 7) is -0.0528. The third kappa shape index (κ3) is 5.12. The lowest BCUT2D eigenvalue weighted by atomic mass is 9.93. The van der Waals surface area contributed by atoms with Gasteiger partial charge in [-0.1, -0.05) is 19.6 Å². The first-order valence-electron chi connectivity index (χ1n) is 9.31. The lowest BCUT2D eigenvalue weighted by Gasteiger charge is -2.16. The number of nitrogens with zero attached hydrogens (tertiary/aromatic N) is 4. The van der Waals surface area contributed by atoms with Gasteiger partial charge in [0.25, 0.3) is 0 Å². The van der Waals surface area contributed by atoms with E-state index in [-0.39, 0.29) is 25.8 Å². The van der Waals surface area contributed by atoms with Gasteiger partial charge in [-0.05, 0) is 41.8 Å². The van der Waals surface area contributed by atoms with E-state index >= 15 is 0 Å². The number of aliphatic hydroxyl groups excluding tert-OH is 1. The van der Waals surface area contributed by atoms with E-state index in [1.54, 1.807) is 36.9 Å². The number of halogens is 1. The highest BCUT2D eigenvalue weighted by molar-refractivity contribution is 5.62. The van der Waals surface area contributed by atoms with Crippen LogP contribution in [0.4, 0.5) is 4.39 Å². The van der Waals surface area contributed by atoms with Crippen molar-refractivity contribution in [2.45, 2.75) is 26.2 Å². The van der Waals surface area contributed by atoms with Gasteiger partial charge in [0, 0.05) is 54.1 Å². The third-order valence-corrected chi connectivity index (χ3v) is 4.76. The molecule has 0 bridgehead atoms. The van der Waals surface area contributed by atoms with Gasteiger partial charge in [-0.2, -0.15) is 5.10 Å². The van der Waals surface area contributed by atoms with Crippen LogP contribution in [0.2, 0.25) is 0 Å². The molecule has 3 heterocycles. The summed E-state index contributed by atoms with van der Waals surface area (Å²) < 4.78 is 13.3. The van der Waals surface area contributed by atoms with Crippen molar-refractivity contribution in [1.29, 1.82) is 0 Å². The zero-order valence-corrected chi connectivity index (χ0v) is 15.7. The summed E-state index contributed by atoms with van der Waals surface area (Å²) >= 11 is 0. The number of nitrogens with one attached hydrogen (secondary N) is 1. The molecular weight excluding hydrogens is 381 g/mol. The number of hydrogen-bond donors (Lipinski definition) is 2. The molecular formula is C23H24FN5O. The van der Waals surface area contributed by atoms with E-state index in [1.165, 1.54) is 12.1 Å². The van der Waals surface area contributed by atoms with E-state index in [2.05, 4.69) is 20.2 Å². The zero-order valence-electron chi connectivity index (χ0n) is 15.7. The van der Waals surface area contributed by atoms with Gasteiger partial charge in [-0.15, -0.1) is 0 Å². The summed E-state index contributed by atoms with van der Waals surface area (Å²) in [6.07, 6.45) is 9.68. The van der Waals surface area contributed by atoms with E-state index in [4.69, 9.17) is 4.98 Å². The minimum Gasteiger partial charge on any atom is -0.396 e. The predicted molar refractivity (Wildman–Crippen MR) is 113 cm³/mol. The van der Waals surface area contributed by atoms with Crippen molar-refractivity contribution < 1.29 is 9.50 Å². The van der Waals surface area contributed by atoms with Gasteiger partial charge < -0.3 is 5.11 Å². The van der Waals surface area contributed by atoms with Crippen LogP contribution >= 0.6 is 0 Å². The Morgan fingerprint density at radius 2 is 1.77 bits per heavy atom. The van der Waals surface area contributed by atoms with Gasteiger partial charge in [0.05, 0.1) is 18.5 Å². The van der Waals surface area contributed by atoms with Crippen molar-refractivity contribution in [3.63, 3.8) is 0 Å². The largest absolute Gasteiger partial charge is 0.396 e. The summed E-state index contributed by atoms with van der Waals surface area (Å²) in [5.74, 6) is -0.469. The maximum absolute atomic E-state index is 13.3. The van der Waals surface area contributed by atoms with Gasteiger partial charge >= 0.3 is 0 Å². The van der Waals surface area contributed by atoms with Gasteiger partial charge in [0.1, 0.15) is 5.82 Å². The second-order valence-corrected chi connectivity index (χ2v) is 6.83. The standard InChI is InChI=1S/C22H20FN5O.CH4/c23-19-3-1-15(2-4-19)17(14-29)9-20-7-16(18-11-26-27-12-18)8-21(28-20)10-22-13-24-5-6-25-22;/h1-8,11-13,17,29H,9-10,14H2,(H,26,27);1H4. The lowest BCUT2D eigenvalue weighted by molar-refractivity contribution is 0.263. The quantitative estimate of drug-likeness (QED) is 0.486. The highest BCUT2D eigenvalue weighted by Gasteiger charge is 2.15. The molecule has 0 radical (unpaired) electrons. The summed E-state index contributed by atoms with van der Waals surface area (Å²) in [4.78, 5) is 13.2. The number of hydrogen-bond acceptors (Lipinski definition) is 5. The highest BCUT2D eigenvalue weighted by Crippen LogP contribution is 2.25. The second kappa shape index (κ2) is 9.84. The number of aromatic nitrogens is 5. The number of rotatable bonds is 7. The molecule has 0 saturated heterocycles. The van der Waals surface area contributed by atoms with Crippen LogP contribution in [-0.4, -0.2) is 36.9 Å². The van der Waals surface area contributed by atoms with Crippen molar-refractivity contribution >= 4 is 0 Å². The van der Waals surface area contributed by atoms with Gasteiger partial charge in [0.15, 0.2) is 0 Å².